The molecule has 0 spiro atoms. The Hall–Kier alpha value is -3.06. The molecule has 3 rings (SSSR count). The fraction of sp³-hybridized carbons (Fsp3) is 0.562. The molecule has 1 aliphatic carbocycles. The molecule has 1 saturated carbocycles. The van der Waals surface area contributed by atoms with Crippen molar-refractivity contribution < 1.29 is 28.9 Å². The number of ether oxygens (including phenoxy) is 3. The van der Waals surface area contributed by atoms with E-state index in [1.165, 1.54) is 37.7 Å². The molecule has 1 amide bonds. The molecular weight excluding hydrogens is 494 g/mol. The highest BCUT2D eigenvalue weighted by atomic mass is 16.6. The number of nitrogens with zero attached hydrogens (tertiary/aromatic N) is 1. The molecule has 2 aromatic carbocycles. The van der Waals surface area contributed by atoms with E-state index in [0.29, 0.717) is 44.2 Å². The number of amides is 1. The van der Waals surface area contributed by atoms with E-state index in [0.717, 1.165) is 35.4 Å². The summed E-state index contributed by atoms with van der Waals surface area (Å²) >= 11 is 0. The van der Waals surface area contributed by atoms with Crippen molar-refractivity contribution in [2.45, 2.75) is 85.2 Å². The van der Waals surface area contributed by atoms with Crippen LogP contribution in [0.2, 0.25) is 0 Å². The molecule has 0 bridgehead atoms. The summed E-state index contributed by atoms with van der Waals surface area (Å²) in [5.41, 5.74) is 4.07. The van der Waals surface area contributed by atoms with E-state index in [-0.39, 0.29) is 6.09 Å². The topological polar surface area (TPSA) is 85.3 Å². The van der Waals surface area contributed by atoms with E-state index in [1.54, 1.807) is 11.8 Å². The Morgan fingerprint density at radius 2 is 1.67 bits per heavy atom. The molecule has 1 aliphatic rings. The fourth-order valence-electron chi connectivity index (χ4n) is 5.17. The zero-order valence-electron chi connectivity index (χ0n) is 24.0. The lowest BCUT2D eigenvalue weighted by atomic mass is 9.86. The monoisotopic (exact) mass is 539 g/mol. The van der Waals surface area contributed by atoms with E-state index >= 15 is 0 Å². The van der Waals surface area contributed by atoms with E-state index in [4.69, 9.17) is 14.2 Å². The van der Waals surface area contributed by atoms with E-state index < -0.39 is 12.1 Å². The third-order valence-corrected chi connectivity index (χ3v) is 7.63. The first-order valence-corrected chi connectivity index (χ1v) is 14.4. The smallest absolute Gasteiger partial charge is 0.415 e. The Morgan fingerprint density at radius 3 is 2.33 bits per heavy atom. The second-order valence-electron chi connectivity index (χ2n) is 10.7. The molecule has 214 valence electrons. The standard InChI is InChI=1S/C32H45NO6/c1-5-37-30(31(34)35)22-27-13-15-28(16-14-27)38-19-18-33(17-9-12-26-10-7-6-8-11-26)32(36)39-29-21-24(3)23(2)20-25(29)4/h13-16,20-21,26,30H,5-12,17-19,22H2,1-4H3,(H,34,35). The Morgan fingerprint density at radius 1 is 0.974 bits per heavy atom. The van der Waals surface area contributed by atoms with Gasteiger partial charge in [-0.25, -0.2) is 9.59 Å². The Kier molecular flexibility index (Phi) is 12.1. The molecule has 0 radical (unpaired) electrons. The molecule has 0 aromatic heterocycles. The Labute approximate surface area is 233 Å². The van der Waals surface area contributed by atoms with Crippen molar-refractivity contribution in [1.29, 1.82) is 0 Å². The van der Waals surface area contributed by atoms with Crippen LogP contribution in [0.1, 0.15) is 74.1 Å². The first-order valence-electron chi connectivity index (χ1n) is 14.4. The molecule has 0 heterocycles. The van der Waals surface area contributed by atoms with Crippen molar-refractivity contribution in [3.8, 4) is 11.5 Å². The summed E-state index contributed by atoms with van der Waals surface area (Å²) in [7, 11) is 0. The molecule has 0 aliphatic heterocycles. The van der Waals surface area contributed by atoms with E-state index in [2.05, 4.69) is 6.92 Å². The fourth-order valence-corrected chi connectivity index (χ4v) is 5.17. The van der Waals surface area contributed by atoms with Gasteiger partial charge in [-0.3, -0.25) is 0 Å². The summed E-state index contributed by atoms with van der Waals surface area (Å²) in [4.78, 5) is 26.3. The second kappa shape index (κ2) is 15.5. The molecule has 7 heteroatoms. The molecule has 2 aromatic rings. The van der Waals surface area contributed by atoms with Crippen LogP contribution in [0.5, 0.6) is 11.5 Å². The van der Waals surface area contributed by atoms with Crippen LogP contribution in [0.4, 0.5) is 4.79 Å². The lowest BCUT2D eigenvalue weighted by Crippen LogP contribution is -2.37. The Balaban J connectivity index is 1.57. The van der Waals surface area contributed by atoms with Crippen LogP contribution < -0.4 is 9.47 Å². The maximum Gasteiger partial charge on any atom is 0.415 e. The number of hydrogen-bond donors (Lipinski definition) is 1. The van der Waals surface area contributed by atoms with Gasteiger partial charge in [-0.2, -0.15) is 0 Å². The number of benzene rings is 2. The summed E-state index contributed by atoms with van der Waals surface area (Å²) in [5, 5.41) is 9.31. The van der Waals surface area contributed by atoms with Gasteiger partial charge in [-0.05, 0) is 86.9 Å². The predicted octanol–water partition coefficient (Wildman–Crippen LogP) is 6.88. The molecule has 7 nitrogen and oxygen atoms in total. The van der Waals surface area contributed by atoms with Crippen molar-refractivity contribution in [2.24, 2.45) is 5.92 Å². The SMILES string of the molecule is CCOC(Cc1ccc(OCCN(CCCC2CCCCC2)C(=O)Oc2cc(C)c(C)cc2C)cc1)C(=O)O. The number of carbonyl (C=O) groups excluding carboxylic acids is 1. The van der Waals surface area contributed by atoms with Crippen LogP contribution in [-0.4, -0.2) is 54.5 Å². The summed E-state index contributed by atoms with van der Waals surface area (Å²) in [6.07, 6.45) is 7.73. The van der Waals surface area contributed by atoms with Crippen molar-refractivity contribution in [2.75, 3.05) is 26.3 Å². The summed E-state index contributed by atoms with van der Waals surface area (Å²) in [6.45, 7) is 9.55. The first kappa shape index (κ1) is 30.5. The molecule has 1 fully saturated rings. The minimum atomic E-state index is -0.969. The predicted molar refractivity (Wildman–Crippen MR) is 153 cm³/mol. The van der Waals surface area contributed by atoms with Gasteiger partial charge >= 0.3 is 12.1 Å². The van der Waals surface area contributed by atoms with E-state index in [1.807, 2.05) is 50.2 Å². The number of carboxylic acid groups (broad SMARTS) is 1. The van der Waals surface area contributed by atoms with Crippen LogP contribution >= 0.6 is 0 Å². The number of aryl methyl sites for hydroxylation is 3. The van der Waals surface area contributed by atoms with Gasteiger partial charge in [0.05, 0.1) is 6.54 Å². The van der Waals surface area contributed by atoms with Crippen LogP contribution in [-0.2, 0) is 16.0 Å². The molecule has 39 heavy (non-hydrogen) atoms. The molecule has 1 N–H and O–H groups in total. The highest BCUT2D eigenvalue weighted by molar-refractivity contribution is 5.73. The van der Waals surface area contributed by atoms with Gasteiger partial charge in [0.15, 0.2) is 6.10 Å². The number of rotatable bonds is 14. The number of carboxylic acids is 1. The molecular formula is C32H45NO6. The van der Waals surface area contributed by atoms with Crippen molar-refractivity contribution in [3.63, 3.8) is 0 Å². The zero-order chi connectivity index (χ0) is 28.2. The van der Waals surface area contributed by atoms with Crippen LogP contribution in [0.25, 0.3) is 0 Å². The average molecular weight is 540 g/mol. The lowest BCUT2D eigenvalue weighted by Gasteiger charge is -2.25. The average Bonchev–Trinajstić information content (AvgIpc) is 2.92. The van der Waals surface area contributed by atoms with Gasteiger partial charge in [-0.1, -0.05) is 50.3 Å². The van der Waals surface area contributed by atoms with Gasteiger partial charge in [0, 0.05) is 19.6 Å². The third-order valence-electron chi connectivity index (χ3n) is 7.63. The maximum atomic E-state index is 13.2. The largest absolute Gasteiger partial charge is 0.492 e. The van der Waals surface area contributed by atoms with Gasteiger partial charge in [0.25, 0.3) is 0 Å². The van der Waals surface area contributed by atoms with Gasteiger partial charge < -0.3 is 24.2 Å². The highest BCUT2D eigenvalue weighted by Crippen LogP contribution is 2.28. The van der Waals surface area contributed by atoms with E-state index in [9.17, 15) is 14.7 Å². The second-order valence-corrected chi connectivity index (χ2v) is 10.7. The molecule has 1 unspecified atom stereocenters. The zero-order valence-corrected chi connectivity index (χ0v) is 24.0. The highest BCUT2D eigenvalue weighted by Gasteiger charge is 2.20. The number of hydrogen-bond acceptors (Lipinski definition) is 5. The molecule has 1 atom stereocenters. The quantitative estimate of drug-likeness (QED) is 0.282. The minimum Gasteiger partial charge on any atom is -0.492 e. The van der Waals surface area contributed by atoms with Crippen molar-refractivity contribution in [3.05, 3.63) is 58.7 Å². The Bertz CT molecular complexity index is 1060. The summed E-state index contributed by atoms with van der Waals surface area (Å²) in [6, 6.07) is 11.3. The van der Waals surface area contributed by atoms with Crippen LogP contribution in [0.15, 0.2) is 36.4 Å². The van der Waals surface area contributed by atoms with Crippen LogP contribution in [0.3, 0.4) is 0 Å². The number of carbonyl (C=O) groups is 2. The lowest BCUT2D eigenvalue weighted by molar-refractivity contribution is -0.149. The van der Waals surface area contributed by atoms with Crippen molar-refractivity contribution in [1.82, 2.24) is 4.90 Å². The normalized spacial score (nSPS) is 14.6. The first-order chi connectivity index (χ1) is 18.8. The number of aliphatic carboxylic acids is 1. The van der Waals surface area contributed by atoms with Gasteiger partial charge in [-0.15, -0.1) is 0 Å². The molecule has 0 saturated heterocycles. The van der Waals surface area contributed by atoms with Crippen LogP contribution in [0, 0.1) is 26.7 Å². The van der Waals surface area contributed by atoms with Gasteiger partial charge in [0.2, 0.25) is 0 Å². The van der Waals surface area contributed by atoms with Crippen molar-refractivity contribution >= 4 is 12.1 Å². The van der Waals surface area contributed by atoms with Gasteiger partial charge in [0.1, 0.15) is 18.1 Å². The minimum absolute atomic E-state index is 0.294. The third kappa shape index (κ3) is 9.88. The summed E-state index contributed by atoms with van der Waals surface area (Å²) in [5.74, 6) is 1.06. The summed E-state index contributed by atoms with van der Waals surface area (Å²) < 4.78 is 17.1. The maximum absolute atomic E-state index is 13.2.